The highest BCUT2D eigenvalue weighted by atomic mass is 32.1. The molecule has 226 valence electrons. The molecule has 1 spiro atoms. The standard InChI is InChI=1S/C33H44N4O4S/c1-5-40-28(29(34)39)25(15-21-8-6-9-23(14-21)31-35-12-13-42-31)27(38)20-36-26-18-33(10-7-11-33)41-30-24(26)16-22(19-37-30)17-32(2,3)4/h6,8-9,12-14,16,19,25-28,36,38H,5,7,10-11,15,17-18,20H2,1-4H3,(H2,34,39)/t25-,26-,27-,28?/m0/s1. The van der Waals surface area contributed by atoms with E-state index in [2.05, 4.69) is 43.2 Å². The lowest BCUT2D eigenvalue weighted by Crippen LogP contribution is -2.51. The summed E-state index contributed by atoms with van der Waals surface area (Å²) < 4.78 is 12.3. The van der Waals surface area contributed by atoms with Crippen LogP contribution in [0.4, 0.5) is 0 Å². The first kappa shape index (κ1) is 30.6. The number of pyridine rings is 1. The second kappa shape index (κ2) is 12.8. The number of aliphatic hydroxyl groups is 1. The summed E-state index contributed by atoms with van der Waals surface area (Å²) in [7, 11) is 0. The van der Waals surface area contributed by atoms with Crippen molar-refractivity contribution in [2.45, 2.75) is 90.1 Å². The van der Waals surface area contributed by atoms with Crippen molar-refractivity contribution in [1.29, 1.82) is 0 Å². The van der Waals surface area contributed by atoms with Gasteiger partial charge in [0, 0.05) is 60.4 Å². The van der Waals surface area contributed by atoms with Gasteiger partial charge in [-0.05, 0) is 67.7 Å². The molecular weight excluding hydrogens is 548 g/mol. The summed E-state index contributed by atoms with van der Waals surface area (Å²) in [6, 6.07) is 10.2. The van der Waals surface area contributed by atoms with E-state index in [1.54, 1.807) is 17.5 Å². The van der Waals surface area contributed by atoms with E-state index in [1.165, 1.54) is 5.56 Å². The van der Waals surface area contributed by atoms with Crippen molar-refractivity contribution in [3.63, 3.8) is 0 Å². The highest BCUT2D eigenvalue weighted by Crippen LogP contribution is 2.48. The Morgan fingerprint density at radius 3 is 2.71 bits per heavy atom. The zero-order chi connectivity index (χ0) is 29.9. The summed E-state index contributed by atoms with van der Waals surface area (Å²) in [6.07, 6.45) is 7.22. The summed E-state index contributed by atoms with van der Waals surface area (Å²) in [4.78, 5) is 21.7. The summed E-state index contributed by atoms with van der Waals surface area (Å²) in [5.41, 5.74) is 9.94. The van der Waals surface area contributed by atoms with E-state index >= 15 is 0 Å². The van der Waals surface area contributed by atoms with E-state index in [1.807, 2.05) is 36.7 Å². The van der Waals surface area contributed by atoms with Crippen LogP contribution in [0.5, 0.6) is 5.88 Å². The molecule has 3 aromatic rings. The average Bonchev–Trinajstić information content (AvgIpc) is 3.47. The molecule has 4 atom stereocenters. The van der Waals surface area contributed by atoms with E-state index in [0.29, 0.717) is 18.9 Å². The van der Waals surface area contributed by atoms with Crippen molar-refractivity contribution in [1.82, 2.24) is 15.3 Å². The van der Waals surface area contributed by atoms with E-state index in [4.69, 9.17) is 20.2 Å². The normalized spacial score (nSPS) is 19.8. The fourth-order valence-corrected chi connectivity index (χ4v) is 6.91. The largest absolute Gasteiger partial charge is 0.471 e. The maximum Gasteiger partial charge on any atom is 0.246 e. The lowest BCUT2D eigenvalue weighted by molar-refractivity contribution is -0.136. The molecule has 0 saturated heterocycles. The average molecular weight is 593 g/mol. The highest BCUT2D eigenvalue weighted by molar-refractivity contribution is 7.13. The number of hydrogen-bond donors (Lipinski definition) is 3. The molecule has 1 aliphatic carbocycles. The molecule has 1 aliphatic heterocycles. The van der Waals surface area contributed by atoms with Crippen molar-refractivity contribution in [2.24, 2.45) is 17.1 Å². The zero-order valence-electron chi connectivity index (χ0n) is 25.1. The van der Waals surface area contributed by atoms with Gasteiger partial charge in [-0.3, -0.25) is 4.79 Å². The number of rotatable bonds is 12. The van der Waals surface area contributed by atoms with Gasteiger partial charge in [-0.15, -0.1) is 11.3 Å². The minimum atomic E-state index is -0.921. The Hall–Kier alpha value is -2.85. The number of nitrogens with one attached hydrogen (secondary N) is 1. The number of nitrogens with two attached hydrogens (primary N) is 1. The van der Waals surface area contributed by atoms with E-state index in [-0.39, 0.29) is 23.6 Å². The quantitative estimate of drug-likeness (QED) is 0.263. The molecule has 2 aromatic heterocycles. The van der Waals surface area contributed by atoms with E-state index in [9.17, 15) is 9.90 Å². The van der Waals surface area contributed by atoms with Crippen LogP contribution in [0.25, 0.3) is 10.6 Å². The number of aliphatic hydroxyl groups excluding tert-OH is 1. The number of amides is 1. The van der Waals surface area contributed by atoms with Gasteiger partial charge in [0.05, 0.1) is 6.10 Å². The van der Waals surface area contributed by atoms with Gasteiger partial charge in [0.2, 0.25) is 11.8 Å². The third kappa shape index (κ3) is 7.19. The highest BCUT2D eigenvalue weighted by Gasteiger charge is 2.46. The summed E-state index contributed by atoms with van der Waals surface area (Å²) in [5, 5.41) is 18.2. The van der Waals surface area contributed by atoms with Gasteiger partial charge < -0.3 is 25.6 Å². The molecule has 42 heavy (non-hydrogen) atoms. The van der Waals surface area contributed by atoms with Crippen LogP contribution < -0.4 is 15.8 Å². The monoisotopic (exact) mass is 592 g/mol. The molecule has 2 aliphatic rings. The molecule has 8 nitrogen and oxygen atoms in total. The smallest absolute Gasteiger partial charge is 0.246 e. The predicted molar refractivity (Wildman–Crippen MR) is 165 cm³/mol. The van der Waals surface area contributed by atoms with Gasteiger partial charge in [0.15, 0.2) is 0 Å². The van der Waals surface area contributed by atoms with Crippen molar-refractivity contribution >= 4 is 17.2 Å². The fourth-order valence-electron chi connectivity index (χ4n) is 6.27. The first-order chi connectivity index (χ1) is 20.1. The Bertz CT molecular complexity index is 1350. The maximum absolute atomic E-state index is 12.6. The molecule has 1 unspecified atom stereocenters. The third-order valence-electron chi connectivity index (χ3n) is 8.36. The fraction of sp³-hybridized carbons (Fsp3) is 0.545. The Kier molecular flexibility index (Phi) is 9.32. The molecule has 1 fully saturated rings. The van der Waals surface area contributed by atoms with Crippen LogP contribution in [-0.2, 0) is 22.4 Å². The van der Waals surface area contributed by atoms with Gasteiger partial charge in [0.25, 0.3) is 0 Å². The van der Waals surface area contributed by atoms with E-state index < -0.39 is 24.0 Å². The molecule has 1 aromatic carbocycles. The molecule has 3 heterocycles. The van der Waals surface area contributed by atoms with Crippen molar-refractivity contribution < 1.29 is 19.4 Å². The second-order valence-corrected chi connectivity index (χ2v) is 13.9. The van der Waals surface area contributed by atoms with Crippen LogP contribution in [0, 0.1) is 11.3 Å². The van der Waals surface area contributed by atoms with Crippen LogP contribution >= 0.6 is 11.3 Å². The first-order valence-electron chi connectivity index (χ1n) is 15.0. The number of thiazole rings is 1. The number of aromatic nitrogens is 2. The summed E-state index contributed by atoms with van der Waals surface area (Å²) in [6.45, 7) is 9.09. The van der Waals surface area contributed by atoms with Crippen LogP contribution in [0.15, 0.2) is 48.1 Å². The number of carbonyl (C=O) groups excluding carboxylic acids is 1. The van der Waals surface area contributed by atoms with Gasteiger partial charge in [-0.25, -0.2) is 9.97 Å². The van der Waals surface area contributed by atoms with Crippen LogP contribution in [-0.4, -0.2) is 51.9 Å². The maximum atomic E-state index is 12.6. The second-order valence-electron chi connectivity index (χ2n) is 13.0. The number of hydrogen-bond acceptors (Lipinski definition) is 8. The van der Waals surface area contributed by atoms with Crippen LogP contribution in [0.1, 0.15) is 76.1 Å². The van der Waals surface area contributed by atoms with Crippen LogP contribution in [0.3, 0.4) is 0 Å². The number of nitrogens with zero attached hydrogens (tertiary/aromatic N) is 2. The Morgan fingerprint density at radius 1 is 1.26 bits per heavy atom. The molecule has 0 radical (unpaired) electrons. The minimum absolute atomic E-state index is 0.0240. The van der Waals surface area contributed by atoms with Crippen molar-refractivity contribution in [2.75, 3.05) is 13.2 Å². The third-order valence-corrected chi connectivity index (χ3v) is 9.18. The Morgan fingerprint density at radius 2 is 2.07 bits per heavy atom. The molecule has 1 amide bonds. The lowest BCUT2D eigenvalue weighted by Gasteiger charge is -2.47. The lowest BCUT2D eigenvalue weighted by atomic mass is 9.73. The molecular formula is C33H44N4O4S. The van der Waals surface area contributed by atoms with Gasteiger partial charge >= 0.3 is 0 Å². The van der Waals surface area contributed by atoms with Gasteiger partial charge in [0.1, 0.15) is 16.7 Å². The van der Waals surface area contributed by atoms with Gasteiger partial charge in [-0.2, -0.15) is 0 Å². The van der Waals surface area contributed by atoms with E-state index in [0.717, 1.165) is 53.8 Å². The molecule has 0 bridgehead atoms. The zero-order valence-corrected chi connectivity index (χ0v) is 26.0. The molecule has 5 rings (SSSR count). The molecule has 9 heteroatoms. The SMILES string of the molecule is CCOC(C(N)=O)[C@@H](Cc1cccc(-c2nccs2)c1)[C@@H](O)CN[C@H]1CC2(CCC2)Oc2ncc(CC(C)(C)C)cc21. The van der Waals surface area contributed by atoms with Crippen molar-refractivity contribution in [3.05, 3.63) is 64.8 Å². The predicted octanol–water partition coefficient (Wildman–Crippen LogP) is 5.24. The summed E-state index contributed by atoms with van der Waals surface area (Å²) in [5.74, 6) is -0.424. The Labute approximate surface area is 253 Å². The van der Waals surface area contributed by atoms with Gasteiger partial charge in [-0.1, -0.05) is 39.0 Å². The summed E-state index contributed by atoms with van der Waals surface area (Å²) >= 11 is 1.57. The number of carbonyl (C=O) groups is 1. The number of ether oxygens (including phenoxy) is 2. The number of fused-ring (bicyclic) bond motifs is 1. The minimum Gasteiger partial charge on any atom is -0.471 e. The molecule has 1 saturated carbocycles. The van der Waals surface area contributed by atoms with Crippen LogP contribution in [0.2, 0.25) is 0 Å². The number of primary amides is 1. The molecule has 4 N–H and O–H groups in total. The number of benzene rings is 1. The Balaban J connectivity index is 1.37. The topological polar surface area (TPSA) is 120 Å². The first-order valence-corrected chi connectivity index (χ1v) is 15.9. The van der Waals surface area contributed by atoms with Crippen molar-refractivity contribution in [3.8, 4) is 16.5 Å².